The lowest BCUT2D eigenvalue weighted by atomic mass is 10.00. The highest BCUT2D eigenvalue weighted by molar-refractivity contribution is 5.31. The Hall–Kier alpha value is -1.67. The summed E-state index contributed by atoms with van der Waals surface area (Å²) >= 11 is 0. The van der Waals surface area contributed by atoms with Crippen LogP contribution in [0.4, 0.5) is 4.39 Å². The largest absolute Gasteiger partial charge is 0.388 e. The number of hydrogen-bond acceptors (Lipinski definition) is 1. The van der Waals surface area contributed by atoms with Gasteiger partial charge in [-0.25, -0.2) is 4.39 Å². The van der Waals surface area contributed by atoms with Crippen LogP contribution in [0.2, 0.25) is 0 Å². The molecule has 2 aromatic rings. The van der Waals surface area contributed by atoms with Crippen LogP contribution in [-0.2, 0) is 0 Å². The fraction of sp³-hybridized carbons (Fsp3) is 0.294. The molecule has 1 saturated carbocycles. The number of rotatable bonds is 3. The maximum atomic E-state index is 13.4. The minimum absolute atomic E-state index is 0.212. The van der Waals surface area contributed by atoms with Crippen LogP contribution in [-0.4, -0.2) is 5.11 Å². The fourth-order valence-corrected chi connectivity index (χ4v) is 2.83. The van der Waals surface area contributed by atoms with E-state index >= 15 is 0 Å². The molecule has 3 unspecified atom stereocenters. The van der Waals surface area contributed by atoms with Crippen LogP contribution in [0.1, 0.15) is 35.1 Å². The van der Waals surface area contributed by atoms with Crippen molar-refractivity contribution >= 4 is 0 Å². The maximum absolute atomic E-state index is 13.4. The summed E-state index contributed by atoms with van der Waals surface area (Å²) in [5.41, 5.74) is 2.81. The monoisotopic (exact) mass is 256 g/mol. The number of hydrogen-bond donors (Lipinski definition) is 1. The van der Waals surface area contributed by atoms with E-state index in [4.69, 9.17) is 0 Å². The zero-order chi connectivity index (χ0) is 13.4. The van der Waals surface area contributed by atoms with Gasteiger partial charge in [-0.1, -0.05) is 36.4 Å². The zero-order valence-electron chi connectivity index (χ0n) is 10.9. The van der Waals surface area contributed by atoms with Gasteiger partial charge in [0.2, 0.25) is 0 Å². The summed E-state index contributed by atoms with van der Waals surface area (Å²) in [5.74, 6) is 0.342. The lowest BCUT2D eigenvalue weighted by Crippen LogP contribution is -2.02. The van der Waals surface area contributed by atoms with E-state index in [0.29, 0.717) is 11.5 Å². The minimum atomic E-state index is -0.570. The zero-order valence-corrected chi connectivity index (χ0v) is 10.9. The van der Waals surface area contributed by atoms with Gasteiger partial charge in [-0.3, -0.25) is 0 Å². The predicted molar refractivity (Wildman–Crippen MR) is 73.4 cm³/mol. The molecule has 2 aromatic carbocycles. The van der Waals surface area contributed by atoms with Gasteiger partial charge in [-0.2, -0.15) is 0 Å². The lowest BCUT2D eigenvalue weighted by molar-refractivity contribution is 0.151. The van der Waals surface area contributed by atoms with Crippen LogP contribution in [0.5, 0.6) is 0 Å². The molecular weight excluding hydrogens is 239 g/mol. The topological polar surface area (TPSA) is 20.2 Å². The average Bonchev–Trinajstić information content (AvgIpc) is 3.18. The second kappa shape index (κ2) is 4.78. The van der Waals surface area contributed by atoms with Crippen molar-refractivity contribution in [3.05, 3.63) is 71.0 Å². The van der Waals surface area contributed by atoms with Crippen molar-refractivity contribution in [2.24, 2.45) is 5.92 Å². The van der Waals surface area contributed by atoms with E-state index in [2.05, 4.69) is 12.1 Å². The van der Waals surface area contributed by atoms with Gasteiger partial charge in [0.1, 0.15) is 5.82 Å². The third kappa shape index (κ3) is 2.54. The van der Waals surface area contributed by atoms with Crippen molar-refractivity contribution in [3.63, 3.8) is 0 Å². The molecule has 1 aliphatic rings. The first kappa shape index (κ1) is 12.4. The number of aliphatic hydroxyl groups excluding tert-OH is 1. The molecule has 0 amide bonds. The molecule has 3 rings (SSSR count). The highest BCUT2D eigenvalue weighted by atomic mass is 19.1. The van der Waals surface area contributed by atoms with E-state index in [1.54, 1.807) is 0 Å². The van der Waals surface area contributed by atoms with Crippen LogP contribution in [0.15, 0.2) is 48.5 Å². The smallest absolute Gasteiger partial charge is 0.123 e. The van der Waals surface area contributed by atoms with Gasteiger partial charge in [-0.05, 0) is 54.0 Å². The summed E-state index contributed by atoms with van der Waals surface area (Å²) in [5, 5.41) is 10.4. The molecule has 0 bridgehead atoms. The summed E-state index contributed by atoms with van der Waals surface area (Å²) in [4.78, 5) is 0. The molecule has 1 N–H and O–H groups in total. The summed E-state index contributed by atoms with van der Waals surface area (Å²) in [6.45, 7) is 1.85. The lowest BCUT2D eigenvalue weighted by Gasteiger charge is -2.12. The van der Waals surface area contributed by atoms with E-state index in [9.17, 15) is 9.50 Å². The Bertz CT molecular complexity index is 559. The molecule has 1 fully saturated rings. The maximum Gasteiger partial charge on any atom is 0.123 e. The summed E-state index contributed by atoms with van der Waals surface area (Å²) in [7, 11) is 0. The van der Waals surface area contributed by atoms with E-state index in [0.717, 1.165) is 12.0 Å². The molecule has 0 radical (unpaired) electrons. The summed E-state index contributed by atoms with van der Waals surface area (Å²) < 4.78 is 13.4. The highest BCUT2D eigenvalue weighted by Crippen LogP contribution is 2.54. The van der Waals surface area contributed by atoms with Gasteiger partial charge < -0.3 is 5.11 Å². The van der Waals surface area contributed by atoms with Gasteiger partial charge in [0, 0.05) is 0 Å². The molecule has 0 spiro atoms. The van der Waals surface area contributed by atoms with E-state index in [1.807, 2.05) is 31.2 Å². The quantitative estimate of drug-likeness (QED) is 0.881. The van der Waals surface area contributed by atoms with Gasteiger partial charge in [0.15, 0.2) is 0 Å². The standard InChI is InChI=1S/C17H17FO/c1-11-7-13(9-14(18)8-11)17(19)16-10-15(16)12-5-3-2-4-6-12/h2-9,15-17,19H,10H2,1H3. The number of halogens is 1. The Labute approximate surface area is 112 Å². The molecule has 0 heterocycles. The third-order valence-corrected chi connectivity index (χ3v) is 3.88. The normalized spacial score (nSPS) is 23.1. The first-order chi connectivity index (χ1) is 9.15. The van der Waals surface area contributed by atoms with E-state index in [-0.39, 0.29) is 11.7 Å². The van der Waals surface area contributed by atoms with Crippen molar-refractivity contribution in [1.82, 2.24) is 0 Å². The van der Waals surface area contributed by atoms with Crippen molar-refractivity contribution in [1.29, 1.82) is 0 Å². The Morgan fingerprint density at radius 2 is 1.89 bits per heavy atom. The van der Waals surface area contributed by atoms with Crippen LogP contribution < -0.4 is 0 Å². The van der Waals surface area contributed by atoms with Crippen molar-refractivity contribution in [3.8, 4) is 0 Å². The van der Waals surface area contributed by atoms with Gasteiger partial charge in [0.05, 0.1) is 6.10 Å². The van der Waals surface area contributed by atoms with Crippen LogP contribution in [0, 0.1) is 18.7 Å². The molecule has 0 saturated heterocycles. The highest BCUT2D eigenvalue weighted by Gasteiger charge is 2.43. The van der Waals surface area contributed by atoms with E-state index in [1.165, 1.54) is 17.7 Å². The Balaban J connectivity index is 1.78. The second-order valence-electron chi connectivity index (χ2n) is 5.42. The number of aryl methyl sites for hydroxylation is 1. The van der Waals surface area contributed by atoms with Gasteiger partial charge in [-0.15, -0.1) is 0 Å². The molecule has 2 heteroatoms. The SMILES string of the molecule is Cc1cc(F)cc(C(O)C2CC2c2ccccc2)c1. The molecule has 0 aromatic heterocycles. The fourth-order valence-electron chi connectivity index (χ4n) is 2.83. The molecule has 19 heavy (non-hydrogen) atoms. The van der Waals surface area contributed by atoms with Crippen molar-refractivity contribution in [2.45, 2.75) is 25.4 Å². The molecule has 3 atom stereocenters. The van der Waals surface area contributed by atoms with Crippen LogP contribution in [0.3, 0.4) is 0 Å². The van der Waals surface area contributed by atoms with Crippen molar-refractivity contribution in [2.75, 3.05) is 0 Å². The Morgan fingerprint density at radius 1 is 1.16 bits per heavy atom. The van der Waals surface area contributed by atoms with Gasteiger partial charge >= 0.3 is 0 Å². The van der Waals surface area contributed by atoms with E-state index < -0.39 is 6.10 Å². The number of aliphatic hydroxyl groups is 1. The average molecular weight is 256 g/mol. The first-order valence-electron chi connectivity index (χ1n) is 6.65. The molecule has 0 aliphatic heterocycles. The van der Waals surface area contributed by atoms with Gasteiger partial charge in [0.25, 0.3) is 0 Å². The summed E-state index contributed by atoms with van der Waals surface area (Å²) in [6.07, 6.45) is 0.403. The minimum Gasteiger partial charge on any atom is -0.388 e. The predicted octanol–water partition coefficient (Wildman–Crippen LogP) is 3.97. The Kier molecular flexibility index (Phi) is 3.11. The van der Waals surface area contributed by atoms with Crippen LogP contribution in [0.25, 0.3) is 0 Å². The number of benzene rings is 2. The molecule has 1 nitrogen and oxygen atoms in total. The first-order valence-corrected chi connectivity index (χ1v) is 6.65. The molecule has 98 valence electrons. The summed E-state index contributed by atoms with van der Waals surface area (Å²) in [6, 6.07) is 15.0. The van der Waals surface area contributed by atoms with Crippen LogP contribution >= 0.6 is 0 Å². The van der Waals surface area contributed by atoms with Crippen molar-refractivity contribution < 1.29 is 9.50 Å². The Morgan fingerprint density at radius 3 is 2.58 bits per heavy atom. The molecule has 1 aliphatic carbocycles. The molecular formula is C17H17FO. The second-order valence-corrected chi connectivity index (χ2v) is 5.42. The third-order valence-electron chi connectivity index (χ3n) is 3.88.